The van der Waals surface area contributed by atoms with Crippen molar-refractivity contribution in [2.75, 3.05) is 6.54 Å². The van der Waals surface area contributed by atoms with Crippen molar-refractivity contribution in [3.8, 4) is 0 Å². The van der Waals surface area contributed by atoms with E-state index >= 15 is 0 Å². The standard InChI is InChI=1S/C14H14F3N3/c15-10-3-1-9(2-4-10)8-20-12-7-18-6-5-11(12)13(19-20)14(16)17/h1-4,14,18H,5-8H2. The monoisotopic (exact) mass is 281 g/mol. The van der Waals surface area contributed by atoms with Gasteiger partial charge in [-0.3, -0.25) is 4.68 Å². The zero-order chi connectivity index (χ0) is 14.1. The van der Waals surface area contributed by atoms with E-state index in [1.54, 1.807) is 16.8 Å². The molecule has 2 aromatic rings. The van der Waals surface area contributed by atoms with Crippen LogP contribution in [0.4, 0.5) is 13.2 Å². The van der Waals surface area contributed by atoms with Crippen molar-refractivity contribution < 1.29 is 13.2 Å². The van der Waals surface area contributed by atoms with Crippen LogP contribution in [0.15, 0.2) is 24.3 Å². The minimum absolute atomic E-state index is 0.122. The lowest BCUT2D eigenvalue weighted by Gasteiger charge is -2.15. The molecular weight excluding hydrogens is 267 g/mol. The van der Waals surface area contributed by atoms with Gasteiger partial charge in [-0.25, -0.2) is 13.2 Å². The van der Waals surface area contributed by atoms with Crippen LogP contribution < -0.4 is 5.32 Å². The summed E-state index contributed by atoms with van der Waals surface area (Å²) in [5.74, 6) is -0.314. The molecule has 0 atom stereocenters. The van der Waals surface area contributed by atoms with Crippen LogP contribution in [0.1, 0.15) is 28.9 Å². The molecular formula is C14H14F3N3. The van der Waals surface area contributed by atoms with Crippen molar-refractivity contribution in [3.63, 3.8) is 0 Å². The van der Waals surface area contributed by atoms with Gasteiger partial charge in [0.2, 0.25) is 0 Å². The molecule has 0 aliphatic carbocycles. The van der Waals surface area contributed by atoms with Crippen LogP contribution in [-0.2, 0) is 19.5 Å². The van der Waals surface area contributed by atoms with Gasteiger partial charge in [-0.1, -0.05) is 12.1 Å². The number of aromatic nitrogens is 2. The highest BCUT2D eigenvalue weighted by Crippen LogP contribution is 2.27. The Hall–Kier alpha value is -1.82. The first-order chi connectivity index (χ1) is 9.65. The fourth-order valence-electron chi connectivity index (χ4n) is 2.51. The highest BCUT2D eigenvalue weighted by molar-refractivity contribution is 5.30. The third-order valence-corrected chi connectivity index (χ3v) is 3.49. The molecule has 1 aliphatic rings. The summed E-state index contributed by atoms with van der Waals surface area (Å²) in [6.45, 7) is 1.60. The molecule has 0 fully saturated rings. The van der Waals surface area contributed by atoms with E-state index in [2.05, 4.69) is 10.4 Å². The van der Waals surface area contributed by atoms with Crippen LogP contribution in [0.3, 0.4) is 0 Å². The second kappa shape index (κ2) is 5.28. The highest BCUT2D eigenvalue weighted by atomic mass is 19.3. The van der Waals surface area contributed by atoms with Gasteiger partial charge in [-0.05, 0) is 30.7 Å². The molecule has 1 aliphatic heterocycles. The molecule has 3 rings (SSSR count). The Morgan fingerprint density at radius 2 is 2.00 bits per heavy atom. The van der Waals surface area contributed by atoms with Gasteiger partial charge >= 0.3 is 0 Å². The molecule has 0 saturated heterocycles. The summed E-state index contributed by atoms with van der Waals surface area (Å²) in [4.78, 5) is 0. The summed E-state index contributed by atoms with van der Waals surface area (Å²) in [5, 5.41) is 7.20. The predicted octanol–water partition coefficient (Wildman–Crippen LogP) is 2.65. The quantitative estimate of drug-likeness (QED) is 0.937. The number of nitrogens with zero attached hydrogens (tertiary/aromatic N) is 2. The number of hydrogen-bond donors (Lipinski definition) is 1. The summed E-state index contributed by atoms with van der Waals surface area (Å²) in [6.07, 6.45) is -1.99. The van der Waals surface area contributed by atoms with Crippen molar-refractivity contribution in [2.45, 2.75) is 25.9 Å². The van der Waals surface area contributed by atoms with Gasteiger partial charge in [0.05, 0.1) is 12.2 Å². The van der Waals surface area contributed by atoms with Crippen molar-refractivity contribution in [1.82, 2.24) is 15.1 Å². The van der Waals surface area contributed by atoms with Gasteiger partial charge in [0.1, 0.15) is 11.5 Å². The van der Waals surface area contributed by atoms with Crippen LogP contribution in [0.25, 0.3) is 0 Å². The number of fused-ring (bicyclic) bond motifs is 1. The molecule has 1 aromatic heterocycles. The Labute approximate surface area is 114 Å². The van der Waals surface area contributed by atoms with Crippen LogP contribution in [0.5, 0.6) is 0 Å². The molecule has 0 amide bonds. The smallest absolute Gasteiger partial charge is 0.282 e. The molecule has 3 nitrogen and oxygen atoms in total. The van der Waals surface area contributed by atoms with E-state index in [9.17, 15) is 13.2 Å². The summed E-state index contributed by atoms with van der Waals surface area (Å²) >= 11 is 0. The Morgan fingerprint density at radius 1 is 1.25 bits per heavy atom. The predicted molar refractivity (Wildman–Crippen MR) is 68.1 cm³/mol. The third kappa shape index (κ3) is 2.43. The van der Waals surface area contributed by atoms with E-state index in [1.165, 1.54) is 12.1 Å². The number of halogens is 3. The highest BCUT2D eigenvalue weighted by Gasteiger charge is 2.25. The first-order valence-corrected chi connectivity index (χ1v) is 6.47. The first-order valence-electron chi connectivity index (χ1n) is 6.47. The molecule has 0 saturated carbocycles. The molecule has 2 heterocycles. The van der Waals surface area contributed by atoms with Gasteiger partial charge in [-0.2, -0.15) is 5.10 Å². The molecule has 6 heteroatoms. The van der Waals surface area contributed by atoms with Crippen molar-refractivity contribution in [3.05, 3.63) is 52.6 Å². The second-order valence-corrected chi connectivity index (χ2v) is 4.82. The zero-order valence-electron chi connectivity index (χ0n) is 10.7. The van der Waals surface area contributed by atoms with Crippen LogP contribution in [-0.4, -0.2) is 16.3 Å². The fourth-order valence-corrected chi connectivity index (χ4v) is 2.51. The van der Waals surface area contributed by atoms with Gasteiger partial charge in [-0.15, -0.1) is 0 Å². The lowest BCUT2D eigenvalue weighted by Crippen LogP contribution is -2.25. The average Bonchev–Trinajstić information content (AvgIpc) is 2.81. The van der Waals surface area contributed by atoms with E-state index in [4.69, 9.17) is 0 Å². The summed E-state index contributed by atoms with van der Waals surface area (Å²) in [6, 6.07) is 6.00. The van der Waals surface area contributed by atoms with Gasteiger partial charge in [0, 0.05) is 12.1 Å². The SMILES string of the molecule is Fc1ccc(Cn2nc(C(F)F)c3c2CNCC3)cc1. The maximum absolute atomic E-state index is 13.0. The summed E-state index contributed by atoms with van der Waals surface area (Å²) < 4.78 is 40.5. The minimum Gasteiger partial charge on any atom is -0.311 e. The maximum atomic E-state index is 13.0. The first kappa shape index (κ1) is 13.2. The van der Waals surface area contributed by atoms with E-state index < -0.39 is 6.43 Å². The third-order valence-electron chi connectivity index (χ3n) is 3.49. The summed E-state index contributed by atoms with van der Waals surface area (Å²) in [7, 11) is 0. The Kier molecular flexibility index (Phi) is 3.48. The topological polar surface area (TPSA) is 29.9 Å². The van der Waals surface area contributed by atoms with Gasteiger partial charge < -0.3 is 5.32 Å². The molecule has 20 heavy (non-hydrogen) atoms. The number of alkyl halides is 2. The van der Waals surface area contributed by atoms with E-state index in [0.29, 0.717) is 31.6 Å². The fraction of sp³-hybridized carbons (Fsp3) is 0.357. The van der Waals surface area contributed by atoms with Gasteiger partial charge in [0.25, 0.3) is 6.43 Å². The Bertz CT molecular complexity index is 605. The molecule has 1 aromatic carbocycles. The Balaban J connectivity index is 1.95. The number of hydrogen-bond acceptors (Lipinski definition) is 2. The largest absolute Gasteiger partial charge is 0.311 e. The molecule has 0 radical (unpaired) electrons. The zero-order valence-corrected chi connectivity index (χ0v) is 10.7. The maximum Gasteiger partial charge on any atom is 0.282 e. The molecule has 1 N–H and O–H groups in total. The van der Waals surface area contributed by atoms with Crippen LogP contribution in [0, 0.1) is 5.82 Å². The van der Waals surface area contributed by atoms with E-state index in [-0.39, 0.29) is 11.5 Å². The van der Waals surface area contributed by atoms with Crippen LogP contribution >= 0.6 is 0 Å². The normalized spacial score (nSPS) is 14.6. The Morgan fingerprint density at radius 3 is 2.70 bits per heavy atom. The van der Waals surface area contributed by atoms with Crippen molar-refractivity contribution in [2.24, 2.45) is 0 Å². The van der Waals surface area contributed by atoms with Crippen LogP contribution in [0.2, 0.25) is 0 Å². The average molecular weight is 281 g/mol. The molecule has 0 spiro atoms. The second-order valence-electron chi connectivity index (χ2n) is 4.82. The molecule has 0 bridgehead atoms. The number of rotatable bonds is 3. The van der Waals surface area contributed by atoms with Crippen molar-refractivity contribution in [1.29, 1.82) is 0 Å². The van der Waals surface area contributed by atoms with E-state index in [0.717, 1.165) is 11.3 Å². The number of benzene rings is 1. The molecule has 0 unspecified atom stereocenters. The summed E-state index contributed by atoms with van der Waals surface area (Å²) in [5.41, 5.74) is 2.17. The minimum atomic E-state index is -2.56. The number of nitrogens with one attached hydrogen (secondary N) is 1. The van der Waals surface area contributed by atoms with E-state index in [1.807, 2.05) is 0 Å². The van der Waals surface area contributed by atoms with Crippen molar-refractivity contribution >= 4 is 0 Å². The lowest BCUT2D eigenvalue weighted by molar-refractivity contribution is 0.144. The van der Waals surface area contributed by atoms with Gasteiger partial charge in [0.15, 0.2) is 0 Å². The lowest BCUT2D eigenvalue weighted by atomic mass is 10.1. The molecule has 106 valence electrons.